The van der Waals surface area contributed by atoms with Gasteiger partial charge >= 0.3 is 0 Å². The first-order valence-electron chi connectivity index (χ1n) is 9.24. The molecule has 2 N–H and O–H groups in total. The van der Waals surface area contributed by atoms with Gasteiger partial charge < -0.3 is 4.74 Å². The highest BCUT2D eigenvalue weighted by Crippen LogP contribution is 2.20. The zero-order chi connectivity index (χ0) is 20.6. The third-order valence-corrected chi connectivity index (χ3v) is 4.12. The SMILES string of the molecule is CCCOc1ccc(C=NNc2nc(-c3ccccc3)c(C#N)c(=O)[nH]2)cc1C. The molecule has 29 heavy (non-hydrogen) atoms. The van der Waals surface area contributed by atoms with Crippen molar-refractivity contribution >= 4 is 12.2 Å². The Morgan fingerprint density at radius 1 is 1.28 bits per heavy atom. The van der Waals surface area contributed by atoms with Gasteiger partial charge in [-0.15, -0.1) is 0 Å². The molecule has 3 rings (SSSR count). The molecule has 0 aliphatic carbocycles. The number of aryl methyl sites for hydroxylation is 1. The standard InChI is InChI=1S/C22H21N5O2/c1-3-11-29-19-10-9-16(12-15(19)2)14-24-27-22-25-20(17-7-5-4-6-8-17)18(13-23)21(28)26-22/h4-10,12,14H,3,11H2,1-2H3,(H2,25,26,27,28). The van der Waals surface area contributed by atoms with Crippen LogP contribution in [0, 0.1) is 18.3 Å². The van der Waals surface area contributed by atoms with Crippen molar-refractivity contribution in [2.75, 3.05) is 12.0 Å². The molecule has 146 valence electrons. The maximum Gasteiger partial charge on any atom is 0.270 e. The van der Waals surface area contributed by atoms with E-state index < -0.39 is 5.56 Å². The lowest BCUT2D eigenvalue weighted by Gasteiger charge is -2.08. The fourth-order valence-electron chi connectivity index (χ4n) is 2.73. The monoisotopic (exact) mass is 387 g/mol. The number of aromatic amines is 1. The molecule has 0 atom stereocenters. The minimum Gasteiger partial charge on any atom is -0.493 e. The van der Waals surface area contributed by atoms with Crippen LogP contribution in [0.2, 0.25) is 0 Å². The molecule has 0 spiro atoms. The third-order valence-electron chi connectivity index (χ3n) is 4.12. The molecule has 1 aromatic heterocycles. The van der Waals surface area contributed by atoms with E-state index in [1.807, 2.05) is 49.4 Å². The van der Waals surface area contributed by atoms with Crippen molar-refractivity contribution in [2.24, 2.45) is 5.10 Å². The number of H-pyrrole nitrogens is 1. The summed E-state index contributed by atoms with van der Waals surface area (Å²) in [5.74, 6) is 1.01. The van der Waals surface area contributed by atoms with Crippen molar-refractivity contribution in [3.05, 3.63) is 75.6 Å². The molecule has 3 aromatic rings. The number of aromatic nitrogens is 2. The van der Waals surface area contributed by atoms with Crippen molar-refractivity contribution in [1.82, 2.24) is 9.97 Å². The van der Waals surface area contributed by atoms with E-state index in [0.717, 1.165) is 23.3 Å². The van der Waals surface area contributed by atoms with Crippen LogP contribution in [0.3, 0.4) is 0 Å². The second-order valence-corrected chi connectivity index (χ2v) is 6.36. The summed E-state index contributed by atoms with van der Waals surface area (Å²) < 4.78 is 5.67. The van der Waals surface area contributed by atoms with Crippen LogP contribution in [-0.2, 0) is 0 Å². The fraction of sp³-hybridized carbons (Fsp3) is 0.182. The molecule has 0 aliphatic rings. The van der Waals surface area contributed by atoms with Crippen molar-refractivity contribution < 1.29 is 4.74 Å². The largest absolute Gasteiger partial charge is 0.493 e. The van der Waals surface area contributed by atoms with E-state index >= 15 is 0 Å². The average Bonchev–Trinajstić information content (AvgIpc) is 2.73. The highest BCUT2D eigenvalue weighted by molar-refractivity contribution is 5.80. The van der Waals surface area contributed by atoms with Crippen LogP contribution in [-0.4, -0.2) is 22.8 Å². The molecule has 1 heterocycles. The fourth-order valence-corrected chi connectivity index (χ4v) is 2.73. The number of benzene rings is 2. The Bertz CT molecular complexity index is 1110. The van der Waals surface area contributed by atoms with E-state index in [0.29, 0.717) is 17.9 Å². The van der Waals surface area contributed by atoms with E-state index in [2.05, 4.69) is 27.4 Å². The van der Waals surface area contributed by atoms with Crippen LogP contribution in [0.5, 0.6) is 5.75 Å². The minimum absolute atomic E-state index is 0.0379. The Kier molecular flexibility index (Phi) is 6.38. The summed E-state index contributed by atoms with van der Waals surface area (Å²) in [6.07, 6.45) is 2.57. The Labute approximate surface area is 168 Å². The van der Waals surface area contributed by atoms with E-state index in [1.165, 1.54) is 0 Å². The van der Waals surface area contributed by atoms with Crippen molar-refractivity contribution in [2.45, 2.75) is 20.3 Å². The summed E-state index contributed by atoms with van der Waals surface area (Å²) in [6, 6.07) is 16.8. The maximum absolute atomic E-state index is 12.2. The topological polar surface area (TPSA) is 103 Å². The van der Waals surface area contributed by atoms with Gasteiger partial charge in [0.15, 0.2) is 0 Å². The quantitative estimate of drug-likeness (QED) is 0.473. The van der Waals surface area contributed by atoms with Crippen LogP contribution in [0.4, 0.5) is 5.95 Å². The summed E-state index contributed by atoms with van der Waals surface area (Å²) >= 11 is 0. The molecule has 0 radical (unpaired) electrons. The molecule has 0 saturated heterocycles. The summed E-state index contributed by atoms with van der Waals surface area (Å²) in [4.78, 5) is 19.1. The molecule has 0 saturated carbocycles. The molecule has 0 unspecified atom stereocenters. The Balaban J connectivity index is 1.81. The Morgan fingerprint density at radius 2 is 2.07 bits per heavy atom. The zero-order valence-electron chi connectivity index (χ0n) is 16.3. The molecule has 7 heteroatoms. The number of hydrogen-bond acceptors (Lipinski definition) is 6. The van der Waals surface area contributed by atoms with Gasteiger partial charge in [-0.25, -0.2) is 10.4 Å². The normalized spacial score (nSPS) is 10.7. The maximum atomic E-state index is 12.2. The first-order valence-corrected chi connectivity index (χ1v) is 9.24. The Hall–Kier alpha value is -3.92. The van der Waals surface area contributed by atoms with E-state index in [-0.39, 0.29) is 11.5 Å². The highest BCUT2D eigenvalue weighted by Gasteiger charge is 2.12. The predicted molar refractivity (Wildman–Crippen MR) is 113 cm³/mol. The Morgan fingerprint density at radius 3 is 2.76 bits per heavy atom. The average molecular weight is 387 g/mol. The van der Waals surface area contributed by atoms with Gasteiger partial charge in [0.2, 0.25) is 5.95 Å². The third kappa shape index (κ3) is 4.87. The van der Waals surface area contributed by atoms with Gasteiger partial charge in [-0.05, 0) is 42.7 Å². The number of hydrazone groups is 1. The van der Waals surface area contributed by atoms with Gasteiger partial charge in [0.05, 0.1) is 18.5 Å². The summed E-state index contributed by atoms with van der Waals surface area (Å²) in [7, 11) is 0. The molecular weight excluding hydrogens is 366 g/mol. The molecule has 0 fully saturated rings. The molecule has 7 nitrogen and oxygen atoms in total. The van der Waals surface area contributed by atoms with Gasteiger partial charge in [-0.2, -0.15) is 10.4 Å². The van der Waals surface area contributed by atoms with Crippen LogP contribution in [0.1, 0.15) is 30.0 Å². The molecular formula is C22H21N5O2. The van der Waals surface area contributed by atoms with Gasteiger partial charge in [0.25, 0.3) is 5.56 Å². The van der Waals surface area contributed by atoms with E-state index in [9.17, 15) is 10.1 Å². The summed E-state index contributed by atoms with van der Waals surface area (Å²) in [6.45, 7) is 4.71. The minimum atomic E-state index is -0.521. The number of ether oxygens (including phenoxy) is 1. The highest BCUT2D eigenvalue weighted by atomic mass is 16.5. The first kappa shape index (κ1) is 19.8. The van der Waals surface area contributed by atoms with Crippen LogP contribution in [0.25, 0.3) is 11.3 Å². The number of rotatable bonds is 7. The first-order chi connectivity index (χ1) is 14.1. The molecule has 2 aromatic carbocycles. The van der Waals surface area contributed by atoms with Gasteiger partial charge in [-0.3, -0.25) is 9.78 Å². The number of hydrogen-bond donors (Lipinski definition) is 2. The number of anilines is 1. The van der Waals surface area contributed by atoms with E-state index in [1.54, 1.807) is 18.3 Å². The number of nitriles is 1. The second-order valence-electron chi connectivity index (χ2n) is 6.36. The number of nitrogens with one attached hydrogen (secondary N) is 2. The van der Waals surface area contributed by atoms with Crippen molar-refractivity contribution in [3.8, 4) is 23.1 Å². The predicted octanol–water partition coefficient (Wildman–Crippen LogP) is 3.85. The van der Waals surface area contributed by atoms with Crippen molar-refractivity contribution in [3.63, 3.8) is 0 Å². The van der Waals surface area contributed by atoms with Gasteiger partial charge in [0.1, 0.15) is 17.4 Å². The van der Waals surface area contributed by atoms with E-state index in [4.69, 9.17) is 4.74 Å². The lowest BCUT2D eigenvalue weighted by Crippen LogP contribution is -2.16. The lowest BCUT2D eigenvalue weighted by molar-refractivity contribution is 0.315. The summed E-state index contributed by atoms with van der Waals surface area (Å²) in [5.41, 5.74) is 5.04. The molecule has 0 bridgehead atoms. The summed E-state index contributed by atoms with van der Waals surface area (Å²) in [5, 5.41) is 13.5. The smallest absolute Gasteiger partial charge is 0.270 e. The lowest BCUT2D eigenvalue weighted by atomic mass is 10.1. The van der Waals surface area contributed by atoms with Crippen LogP contribution in [0.15, 0.2) is 58.4 Å². The molecule has 0 aliphatic heterocycles. The van der Waals surface area contributed by atoms with Crippen LogP contribution >= 0.6 is 0 Å². The van der Waals surface area contributed by atoms with Crippen molar-refractivity contribution in [1.29, 1.82) is 5.26 Å². The number of nitrogens with zero attached hydrogens (tertiary/aromatic N) is 3. The zero-order valence-corrected chi connectivity index (χ0v) is 16.3. The molecule has 0 amide bonds. The van der Waals surface area contributed by atoms with Gasteiger partial charge in [0, 0.05) is 5.56 Å². The second kappa shape index (κ2) is 9.33. The van der Waals surface area contributed by atoms with Gasteiger partial charge in [-0.1, -0.05) is 37.3 Å². The van der Waals surface area contributed by atoms with Crippen LogP contribution < -0.4 is 15.7 Å².